The molecule has 0 bridgehead atoms. The molecule has 1 saturated heterocycles. The molecule has 0 radical (unpaired) electrons. The van der Waals surface area contributed by atoms with Gasteiger partial charge in [-0.05, 0) is 31.0 Å². The van der Waals surface area contributed by atoms with Crippen LogP contribution in [-0.2, 0) is 10.0 Å². The van der Waals surface area contributed by atoms with Crippen molar-refractivity contribution in [2.75, 3.05) is 13.1 Å². The highest BCUT2D eigenvalue weighted by Gasteiger charge is 2.28. The molecule has 7 nitrogen and oxygen atoms in total. The molecule has 0 unspecified atom stereocenters. The van der Waals surface area contributed by atoms with Gasteiger partial charge in [-0.3, -0.25) is 4.79 Å². The van der Waals surface area contributed by atoms with Crippen LogP contribution in [0.1, 0.15) is 34.9 Å². The maximum Gasteiger partial charge on any atom is 0.256 e. The van der Waals surface area contributed by atoms with E-state index in [2.05, 4.69) is 9.97 Å². The fraction of sp³-hybridized carbons (Fsp3) is 0.333. The molecule has 1 aromatic heterocycles. The van der Waals surface area contributed by atoms with E-state index in [0.717, 1.165) is 36.9 Å². The van der Waals surface area contributed by atoms with Crippen molar-refractivity contribution >= 4 is 15.9 Å². The first-order valence-electron chi connectivity index (χ1n) is 7.47. The van der Waals surface area contributed by atoms with Gasteiger partial charge in [0.05, 0.1) is 10.5 Å². The molecule has 128 valence electrons. The number of nitrogens with one attached hydrogen (secondary N) is 1. The zero-order valence-corrected chi connectivity index (χ0v) is 13.6. The maximum atomic E-state index is 14.0. The summed E-state index contributed by atoms with van der Waals surface area (Å²) in [6.45, 7) is 0.875. The average molecular weight is 352 g/mol. The van der Waals surface area contributed by atoms with E-state index in [1.54, 1.807) is 12.4 Å². The molecule has 2 aromatic rings. The van der Waals surface area contributed by atoms with E-state index < -0.39 is 21.7 Å². The number of halogens is 1. The van der Waals surface area contributed by atoms with Gasteiger partial charge in [0.25, 0.3) is 5.91 Å². The summed E-state index contributed by atoms with van der Waals surface area (Å²) in [4.78, 5) is 21.1. The number of nitrogens with zero attached hydrogens (tertiary/aromatic N) is 2. The molecule has 1 aromatic carbocycles. The second kappa shape index (κ2) is 6.33. The quantitative estimate of drug-likeness (QED) is 0.865. The van der Waals surface area contributed by atoms with Crippen LogP contribution in [0, 0.1) is 5.82 Å². The third-order valence-corrected chi connectivity index (χ3v) is 5.02. The Bertz CT molecular complexity index is 852. The Labute approximate surface area is 138 Å². The minimum atomic E-state index is -4.00. The summed E-state index contributed by atoms with van der Waals surface area (Å²) in [5, 5.41) is 5.05. The van der Waals surface area contributed by atoms with Crippen molar-refractivity contribution < 1.29 is 17.6 Å². The Balaban J connectivity index is 1.86. The van der Waals surface area contributed by atoms with Crippen LogP contribution in [0.2, 0.25) is 0 Å². The Morgan fingerprint density at radius 3 is 2.88 bits per heavy atom. The predicted octanol–water partition coefficient (Wildman–Crippen LogP) is 1.22. The van der Waals surface area contributed by atoms with Crippen molar-refractivity contribution in [1.82, 2.24) is 14.9 Å². The van der Waals surface area contributed by atoms with Crippen molar-refractivity contribution in [3.05, 3.63) is 47.8 Å². The highest BCUT2D eigenvalue weighted by Crippen LogP contribution is 2.26. The molecule has 1 aliphatic rings. The number of benzene rings is 1. The largest absolute Gasteiger partial charge is 0.348 e. The van der Waals surface area contributed by atoms with E-state index in [-0.39, 0.29) is 16.4 Å². The van der Waals surface area contributed by atoms with Crippen LogP contribution in [-0.4, -0.2) is 42.3 Å². The van der Waals surface area contributed by atoms with Gasteiger partial charge in [0.2, 0.25) is 10.0 Å². The molecule has 24 heavy (non-hydrogen) atoms. The first-order valence-corrected chi connectivity index (χ1v) is 9.02. The number of aromatic amines is 1. The minimum absolute atomic E-state index is 0.0437. The number of sulfonamides is 1. The lowest BCUT2D eigenvalue weighted by Crippen LogP contribution is -2.39. The van der Waals surface area contributed by atoms with Gasteiger partial charge >= 0.3 is 0 Å². The summed E-state index contributed by atoms with van der Waals surface area (Å²) in [5.74, 6) is -0.491. The number of rotatable bonds is 3. The van der Waals surface area contributed by atoms with Gasteiger partial charge in [-0.25, -0.2) is 22.9 Å². The summed E-state index contributed by atoms with van der Waals surface area (Å²) in [6, 6.07) is 2.98. The number of hydrogen-bond donors (Lipinski definition) is 2. The number of piperidine rings is 1. The van der Waals surface area contributed by atoms with Gasteiger partial charge in [0, 0.05) is 31.4 Å². The van der Waals surface area contributed by atoms with E-state index in [4.69, 9.17) is 5.14 Å². The fourth-order valence-corrected chi connectivity index (χ4v) is 3.44. The van der Waals surface area contributed by atoms with Crippen molar-refractivity contribution in [3.8, 4) is 0 Å². The molecule has 9 heteroatoms. The first kappa shape index (κ1) is 16.6. The highest BCUT2D eigenvalue weighted by molar-refractivity contribution is 7.89. The number of likely N-dealkylation sites (tertiary alicyclic amines) is 1. The van der Waals surface area contributed by atoms with Crippen LogP contribution in [0.5, 0.6) is 0 Å². The highest BCUT2D eigenvalue weighted by atomic mass is 32.2. The van der Waals surface area contributed by atoms with Crippen molar-refractivity contribution in [1.29, 1.82) is 0 Å². The predicted molar refractivity (Wildman–Crippen MR) is 84.2 cm³/mol. The van der Waals surface area contributed by atoms with Crippen molar-refractivity contribution in [2.24, 2.45) is 5.14 Å². The summed E-state index contributed by atoms with van der Waals surface area (Å²) in [6.07, 6.45) is 4.99. The first-order chi connectivity index (χ1) is 11.4. The maximum absolute atomic E-state index is 14.0. The summed E-state index contributed by atoms with van der Waals surface area (Å²) in [7, 11) is -4.00. The number of primary sulfonamides is 1. The molecular formula is C15H17FN4O3S. The Morgan fingerprint density at radius 2 is 2.21 bits per heavy atom. The van der Waals surface area contributed by atoms with Crippen LogP contribution in [0.3, 0.4) is 0 Å². The number of carbonyl (C=O) groups is 1. The van der Waals surface area contributed by atoms with Gasteiger partial charge in [-0.15, -0.1) is 0 Å². The van der Waals surface area contributed by atoms with Crippen LogP contribution in [0.4, 0.5) is 4.39 Å². The standard InChI is InChI=1S/C15H17FN4O3S/c16-13-4-3-11(24(17,22)23)8-12(13)15(21)20-7-1-2-10(9-20)14-18-5-6-19-14/h3-6,8,10H,1-2,7,9H2,(H,18,19)(H2,17,22,23)/t10-/m1/s1. The SMILES string of the molecule is NS(=O)(=O)c1ccc(F)c(C(=O)N2CCC[C@@H](c3ncc[nH]3)C2)c1. The molecule has 3 rings (SSSR count). The van der Waals surface area contributed by atoms with Crippen LogP contribution in [0.25, 0.3) is 0 Å². The van der Waals surface area contributed by atoms with Crippen LogP contribution >= 0.6 is 0 Å². The van der Waals surface area contributed by atoms with E-state index in [1.165, 1.54) is 4.90 Å². The summed E-state index contributed by atoms with van der Waals surface area (Å²) in [5.41, 5.74) is -0.290. The number of amides is 1. The number of aromatic nitrogens is 2. The van der Waals surface area contributed by atoms with Crippen LogP contribution < -0.4 is 5.14 Å². The second-order valence-electron chi connectivity index (χ2n) is 5.75. The van der Waals surface area contributed by atoms with Crippen LogP contribution in [0.15, 0.2) is 35.5 Å². The van der Waals surface area contributed by atoms with E-state index in [0.29, 0.717) is 13.1 Å². The van der Waals surface area contributed by atoms with Gasteiger partial charge < -0.3 is 9.88 Å². The third-order valence-electron chi connectivity index (χ3n) is 4.11. The number of hydrogen-bond acceptors (Lipinski definition) is 4. The Morgan fingerprint density at radius 1 is 1.42 bits per heavy atom. The minimum Gasteiger partial charge on any atom is -0.348 e. The molecular weight excluding hydrogens is 335 g/mol. The smallest absolute Gasteiger partial charge is 0.256 e. The number of nitrogens with two attached hydrogens (primary N) is 1. The lowest BCUT2D eigenvalue weighted by atomic mass is 9.96. The van der Waals surface area contributed by atoms with Gasteiger partial charge in [-0.1, -0.05) is 0 Å². The number of imidazole rings is 1. The summed E-state index contributed by atoms with van der Waals surface area (Å²) >= 11 is 0. The monoisotopic (exact) mass is 352 g/mol. The van der Waals surface area contributed by atoms with Crippen molar-refractivity contribution in [2.45, 2.75) is 23.7 Å². The third kappa shape index (κ3) is 3.31. The van der Waals surface area contributed by atoms with Gasteiger partial charge in [-0.2, -0.15) is 0 Å². The van der Waals surface area contributed by atoms with Crippen molar-refractivity contribution in [3.63, 3.8) is 0 Å². The second-order valence-corrected chi connectivity index (χ2v) is 7.31. The molecule has 1 amide bonds. The zero-order chi connectivity index (χ0) is 17.3. The van der Waals surface area contributed by atoms with E-state index in [1.807, 2.05) is 0 Å². The Kier molecular flexibility index (Phi) is 4.37. The normalized spacial score (nSPS) is 18.6. The topological polar surface area (TPSA) is 109 Å². The van der Waals surface area contributed by atoms with E-state index >= 15 is 0 Å². The molecule has 0 aliphatic carbocycles. The zero-order valence-electron chi connectivity index (χ0n) is 12.8. The lowest BCUT2D eigenvalue weighted by molar-refractivity contribution is 0.0699. The average Bonchev–Trinajstić information content (AvgIpc) is 3.08. The molecule has 3 N–H and O–H groups in total. The lowest BCUT2D eigenvalue weighted by Gasteiger charge is -2.32. The molecule has 0 saturated carbocycles. The molecule has 1 aliphatic heterocycles. The molecule has 2 heterocycles. The Hall–Kier alpha value is -2.26. The molecule has 0 spiro atoms. The number of carbonyl (C=O) groups excluding carboxylic acids is 1. The summed E-state index contributed by atoms with van der Waals surface area (Å²) < 4.78 is 36.9. The molecule has 1 fully saturated rings. The molecule has 1 atom stereocenters. The van der Waals surface area contributed by atoms with E-state index in [9.17, 15) is 17.6 Å². The fourth-order valence-electron chi connectivity index (χ4n) is 2.90. The van der Waals surface area contributed by atoms with Gasteiger partial charge in [0.15, 0.2) is 0 Å². The number of H-pyrrole nitrogens is 1. The van der Waals surface area contributed by atoms with Gasteiger partial charge in [0.1, 0.15) is 11.6 Å².